The molecule has 5 rings (SSSR count). The van der Waals surface area contributed by atoms with Crippen LogP contribution in [0.5, 0.6) is 5.75 Å². The van der Waals surface area contributed by atoms with E-state index in [1.807, 2.05) is 0 Å². The van der Waals surface area contributed by atoms with Crippen LogP contribution in [0.3, 0.4) is 0 Å². The van der Waals surface area contributed by atoms with Crippen LogP contribution in [0.1, 0.15) is 27.4 Å². The topological polar surface area (TPSA) is 114 Å². The van der Waals surface area contributed by atoms with Gasteiger partial charge in [-0.15, -0.1) is 0 Å². The molecular formula is C21H17FN4O5. The van der Waals surface area contributed by atoms with Crippen molar-refractivity contribution in [3.63, 3.8) is 0 Å². The Balaban J connectivity index is 1.56. The first-order valence-electron chi connectivity index (χ1n) is 9.47. The summed E-state index contributed by atoms with van der Waals surface area (Å²) in [5.41, 5.74) is -0.0988. The van der Waals surface area contributed by atoms with Gasteiger partial charge in [-0.3, -0.25) is 19.9 Å². The number of halogens is 1. The molecule has 10 heteroatoms. The molecule has 1 fully saturated rings. The Morgan fingerprint density at radius 3 is 2.81 bits per heavy atom. The Kier molecular flexibility index (Phi) is 4.01. The molecule has 4 amide bonds. The predicted molar refractivity (Wildman–Crippen MR) is 105 cm³/mol. The molecule has 0 aliphatic carbocycles. The molecule has 2 N–H and O–H groups in total. The van der Waals surface area contributed by atoms with Gasteiger partial charge in [-0.2, -0.15) is 0 Å². The van der Waals surface area contributed by atoms with Gasteiger partial charge in [0.25, 0.3) is 11.8 Å². The molecule has 0 bridgehead atoms. The van der Waals surface area contributed by atoms with Crippen LogP contribution in [0, 0.1) is 12.7 Å². The van der Waals surface area contributed by atoms with Gasteiger partial charge in [-0.05, 0) is 24.6 Å². The maximum absolute atomic E-state index is 14.7. The van der Waals surface area contributed by atoms with Gasteiger partial charge in [0.05, 0.1) is 19.2 Å². The lowest BCUT2D eigenvalue weighted by molar-refractivity contribution is -0.125. The third-order valence-electron chi connectivity index (χ3n) is 5.60. The molecule has 2 aliphatic heterocycles. The van der Waals surface area contributed by atoms with E-state index in [0.29, 0.717) is 16.5 Å². The fourth-order valence-corrected chi connectivity index (χ4v) is 4.06. The number of amides is 4. The minimum absolute atomic E-state index is 0.0456. The summed E-state index contributed by atoms with van der Waals surface area (Å²) in [5, 5.41) is 5.44. The number of fused-ring (bicyclic) bond motifs is 2. The van der Waals surface area contributed by atoms with Crippen molar-refractivity contribution in [1.82, 2.24) is 20.5 Å². The van der Waals surface area contributed by atoms with Crippen LogP contribution in [-0.4, -0.2) is 41.4 Å². The molecule has 158 valence electrons. The van der Waals surface area contributed by atoms with Crippen molar-refractivity contribution in [2.45, 2.75) is 19.0 Å². The van der Waals surface area contributed by atoms with Crippen molar-refractivity contribution in [3.05, 3.63) is 58.9 Å². The summed E-state index contributed by atoms with van der Waals surface area (Å²) in [5.74, 6) is -1.92. The van der Waals surface area contributed by atoms with E-state index < -0.39 is 29.2 Å². The normalized spacial score (nSPS) is 20.2. The molecule has 2 aliphatic rings. The van der Waals surface area contributed by atoms with E-state index in [-0.39, 0.29) is 30.2 Å². The first kappa shape index (κ1) is 19.0. The van der Waals surface area contributed by atoms with Gasteiger partial charge in [0.1, 0.15) is 11.3 Å². The van der Waals surface area contributed by atoms with Gasteiger partial charge >= 0.3 is 6.03 Å². The van der Waals surface area contributed by atoms with Gasteiger partial charge in [0.2, 0.25) is 0 Å². The van der Waals surface area contributed by atoms with Gasteiger partial charge in [0, 0.05) is 29.9 Å². The molecule has 1 unspecified atom stereocenters. The lowest BCUT2D eigenvalue weighted by Gasteiger charge is -2.29. The maximum Gasteiger partial charge on any atom is 0.322 e. The summed E-state index contributed by atoms with van der Waals surface area (Å²) < 4.78 is 25.6. The van der Waals surface area contributed by atoms with Gasteiger partial charge in [-0.25, -0.2) is 9.18 Å². The zero-order valence-electron chi connectivity index (χ0n) is 16.6. The molecule has 0 saturated carbocycles. The van der Waals surface area contributed by atoms with Crippen LogP contribution >= 0.6 is 0 Å². The molecule has 1 aromatic carbocycles. The number of urea groups is 1. The zero-order valence-corrected chi connectivity index (χ0v) is 16.6. The number of aromatic nitrogens is 1. The summed E-state index contributed by atoms with van der Waals surface area (Å²) in [6.45, 7) is 1.62. The molecule has 1 atom stereocenters. The summed E-state index contributed by atoms with van der Waals surface area (Å²) >= 11 is 0. The molecule has 0 radical (unpaired) electrons. The van der Waals surface area contributed by atoms with Crippen molar-refractivity contribution in [2.24, 2.45) is 0 Å². The van der Waals surface area contributed by atoms with Crippen LogP contribution in [0.15, 0.2) is 34.9 Å². The second-order valence-electron chi connectivity index (χ2n) is 7.56. The highest BCUT2D eigenvalue weighted by atomic mass is 19.1. The number of furan rings is 1. The van der Waals surface area contributed by atoms with Crippen molar-refractivity contribution in [2.75, 3.05) is 13.7 Å². The Bertz CT molecular complexity index is 1290. The second-order valence-corrected chi connectivity index (χ2v) is 7.56. The maximum atomic E-state index is 14.7. The molecular weight excluding hydrogens is 407 g/mol. The number of aryl methyl sites for hydroxylation is 1. The lowest BCUT2D eigenvalue weighted by atomic mass is 9.95. The number of imide groups is 1. The average Bonchev–Trinajstić information content (AvgIpc) is 3.37. The standard InChI is InChI=1S/C21H17FN4O5/c1-10-5-14-12(7-23-10)6-15(31-14)21(19(28)24-20(29)25-21)9-26-8-11-3-4-13(30-2)17(22)16(11)18(26)27/h3-7H,8-9H2,1-2H3,(H2,24,25,28,29). The van der Waals surface area contributed by atoms with E-state index in [9.17, 15) is 18.8 Å². The third-order valence-corrected chi connectivity index (χ3v) is 5.60. The molecule has 31 heavy (non-hydrogen) atoms. The van der Waals surface area contributed by atoms with Crippen molar-refractivity contribution >= 4 is 28.8 Å². The van der Waals surface area contributed by atoms with E-state index in [4.69, 9.17) is 9.15 Å². The Hall–Kier alpha value is -3.95. The fourth-order valence-electron chi connectivity index (χ4n) is 4.06. The monoisotopic (exact) mass is 424 g/mol. The number of nitrogens with zero attached hydrogens (tertiary/aromatic N) is 2. The third kappa shape index (κ3) is 2.75. The summed E-state index contributed by atoms with van der Waals surface area (Å²) in [7, 11) is 1.31. The predicted octanol–water partition coefficient (Wildman–Crippen LogP) is 1.97. The highest BCUT2D eigenvalue weighted by Gasteiger charge is 2.53. The summed E-state index contributed by atoms with van der Waals surface area (Å²) in [6, 6.07) is 5.64. The minimum atomic E-state index is -1.66. The highest BCUT2D eigenvalue weighted by Crippen LogP contribution is 2.36. The van der Waals surface area contributed by atoms with Crippen molar-refractivity contribution in [3.8, 4) is 5.75 Å². The van der Waals surface area contributed by atoms with Crippen LogP contribution in [0.4, 0.5) is 9.18 Å². The molecule has 2 aromatic heterocycles. The Morgan fingerprint density at radius 2 is 2.10 bits per heavy atom. The van der Waals surface area contributed by atoms with Crippen molar-refractivity contribution < 1.29 is 27.9 Å². The van der Waals surface area contributed by atoms with E-state index in [0.717, 1.165) is 5.69 Å². The van der Waals surface area contributed by atoms with E-state index >= 15 is 0 Å². The first-order valence-corrected chi connectivity index (χ1v) is 9.47. The number of ether oxygens (including phenoxy) is 1. The van der Waals surface area contributed by atoms with E-state index in [2.05, 4.69) is 15.6 Å². The van der Waals surface area contributed by atoms with Crippen LogP contribution < -0.4 is 15.4 Å². The highest BCUT2D eigenvalue weighted by molar-refractivity contribution is 6.08. The SMILES string of the molecule is COc1ccc2c(c1F)C(=O)N(CC1(c3cc4cnc(C)cc4o3)NC(=O)NC1=O)C2. The summed E-state index contributed by atoms with van der Waals surface area (Å²) in [6.07, 6.45) is 1.60. The molecule has 3 aromatic rings. The second kappa shape index (κ2) is 6.53. The number of carbonyl (C=O) groups excluding carboxylic acids is 3. The zero-order chi connectivity index (χ0) is 21.9. The molecule has 9 nitrogen and oxygen atoms in total. The van der Waals surface area contributed by atoms with Gasteiger partial charge in [0.15, 0.2) is 17.1 Å². The Labute approximate surface area is 175 Å². The number of methoxy groups -OCH3 is 1. The number of benzene rings is 1. The molecule has 0 spiro atoms. The number of rotatable bonds is 4. The van der Waals surface area contributed by atoms with Crippen LogP contribution in [-0.2, 0) is 16.9 Å². The molecule has 4 heterocycles. The average molecular weight is 424 g/mol. The van der Waals surface area contributed by atoms with E-state index in [1.165, 1.54) is 18.1 Å². The number of hydrogen-bond donors (Lipinski definition) is 2. The molecule has 1 saturated heterocycles. The van der Waals surface area contributed by atoms with Crippen LogP contribution in [0.2, 0.25) is 0 Å². The number of carbonyl (C=O) groups is 3. The van der Waals surface area contributed by atoms with Crippen LogP contribution in [0.25, 0.3) is 11.0 Å². The first-order chi connectivity index (χ1) is 14.8. The van der Waals surface area contributed by atoms with E-state index in [1.54, 1.807) is 31.3 Å². The summed E-state index contributed by atoms with van der Waals surface area (Å²) in [4.78, 5) is 43.4. The number of hydrogen-bond acceptors (Lipinski definition) is 6. The quantitative estimate of drug-likeness (QED) is 0.619. The fraction of sp³-hybridized carbons (Fsp3) is 0.238. The van der Waals surface area contributed by atoms with Gasteiger partial charge < -0.3 is 19.4 Å². The Morgan fingerprint density at radius 1 is 1.29 bits per heavy atom. The number of nitrogens with one attached hydrogen (secondary N) is 2. The lowest BCUT2D eigenvalue weighted by Crippen LogP contribution is -2.52. The largest absolute Gasteiger partial charge is 0.494 e. The van der Waals surface area contributed by atoms with Gasteiger partial charge in [-0.1, -0.05) is 6.07 Å². The smallest absolute Gasteiger partial charge is 0.322 e. The van der Waals surface area contributed by atoms with Crippen molar-refractivity contribution in [1.29, 1.82) is 0 Å². The minimum Gasteiger partial charge on any atom is -0.494 e. The number of pyridine rings is 1.